The fourth-order valence-corrected chi connectivity index (χ4v) is 7.94. The van der Waals surface area contributed by atoms with E-state index in [2.05, 4.69) is 21.4 Å². The van der Waals surface area contributed by atoms with E-state index in [1.54, 1.807) is 22.3 Å². The number of amides is 1. The van der Waals surface area contributed by atoms with E-state index in [0.717, 1.165) is 25.0 Å². The number of piperidine rings is 2. The van der Waals surface area contributed by atoms with E-state index in [0.29, 0.717) is 69.2 Å². The second-order valence-electron chi connectivity index (χ2n) is 11.2. The number of halogens is 3. The number of thiazole rings is 1. The molecule has 1 aliphatic carbocycles. The lowest BCUT2D eigenvalue weighted by Crippen LogP contribution is -2.63. The first kappa shape index (κ1) is 27.0. The number of nitrogens with zero attached hydrogens (tertiary/aromatic N) is 7. The van der Waals surface area contributed by atoms with Crippen molar-refractivity contribution >= 4 is 28.7 Å². The van der Waals surface area contributed by atoms with Crippen LogP contribution in [0.1, 0.15) is 47.0 Å². The summed E-state index contributed by atoms with van der Waals surface area (Å²) >= 11 is 1.67. The molecule has 3 atom stereocenters. The van der Waals surface area contributed by atoms with Crippen LogP contribution in [0.4, 0.5) is 24.7 Å². The van der Waals surface area contributed by atoms with Gasteiger partial charge >= 0.3 is 6.18 Å². The Morgan fingerprint density at radius 2 is 1.93 bits per heavy atom. The third-order valence-electron chi connectivity index (χ3n) is 9.14. The van der Waals surface area contributed by atoms with Crippen molar-refractivity contribution in [1.29, 1.82) is 5.26 Å². The second kappa shape index (κ2) is 10.3. The van der Waals surface area contributed by atoms with Gasteiger partial charge in [-0.25, -0.2) is 9.97 Å². The molecule has 2 aromatic heterocycles. The molecule has 6 heterocycles. The average Bonchev–Trinajstić information content (AvgIpc) is 3.37. The van der Waals surface area contributed by atoms with Gasteiger partial charge in [-0.2, -0.15) is 18.4 Å². The van der Waals surface area contributed by atoms with Gasteiger partial charge in [0.2, 0.25) is 5.91 Å². The standard InChI is InChI=1S/C28H32F3N7OS/c1-3-25(39)36-8-6-35(7-9-36)20-14-37(15-20)23-11-24(34-27(22(23)12-32)28(29,30)31)38-13-18-4-5-19(38)10-21(18)26-17(2)33-16-40-26/h3,11,16,18-21H,1,4-10,13-15H2,2H3/t18-,19?,21-/m1/s1. The van der Waals surface area contributed by atoms with Gasteiger partial charge in [-0.1, -0.05) is 6.58 Å². The molecular weight excluding hydrogens is 539 g/mol. The van der Waals surface area contributed by atoms with Crippen molar-refractivity contribution in [1.82, 2.24) is 19.8 Å². The Hall–Kier alpha value is -3.17. The Morgan fingerprint density at radius 1 is 1.18 bits per heavy atom. The fraction of sp³-hybridized carbons (Fsp3) is 0.571. The van der Waals surface area contributed by atoms with E-state index < -0.39 is 17.4 Å². The van der Waals surface area contributed by atoms with Crippen LogP contribution >= 0.6 is 11.3 Å². The van der Waals surface area contributed by atoms with Crippen molar-refractivity contribution in [3.63, 3.8) is 0 Å². The Bertz CT molecular complexity index is 1340. The molecule has 5 aliphatic rings. The van der Waals surface area contributed by atoms with Gasteiger partial charge in [0.15, 0.2) is 5.69 Å². The minimum absolute atomic E-state index is 0.0857. The number of alkyl halides is 3. The molecule has 2 aromatic rings. The number of anilines is 2. The zero-order valence-electron chi connectivity index (χ0n) is 22.4. The number of piperazine rings is 1. The quantitative estimate of drug-likeness (QED) is 0.502. The van der Waals surface area contributed by atoms with Gasteiger partial charge in [-0.3, -0.25) is 9.69 Å². The highest BCUT2D eigenvalue weighted by Crippen LogP contribution is 2.49. The van der Waals surface area contributed by atoms with Crippen molar-refractivity contribution in [2.24, 2.45) is 5.92 Å². The van der Waals surface area contributed by atoms with Crippen molar-refractivity contribution in [2.45, 2.75) is 50.4 Å². The number of carbonyl (C=O) groups is 1. The van der Waals surface area contributed by atoms with Gasteiger partial charge < -0.3 is 14.7 Å². The van der Waals surface area contributed by atoms with Gasteiger partial charge in [0.05, 0.1) is 16.9 Å². The van der Waals surface area contributed by atoms with Crippen LogP contribution in [-0.4, -0.2) is 83.6 Å². The first-order valence-corrected chi connectivity index (χ1v) is 14.6. The van der Waals surface area contributed by atoms with E-state index in [1.165, 1.54) is 11.0 Å². The average molecular weight is 572 g/mol. The SMILES string of the molecule is C=CC(=O)N1CCN(C2CN(c3cc(N4C[C@H]5CCC4C[C@H]5c4scnc4C)nc(C(F)(F)F)c3C#N)C2)CC1. The maximum absolute atomic E-state index is 14.2. The van der Waals surface area contributed by atoms with E-state index in [4.69, 9.17) is 0 Å². The summed E-state index contributed by atoms with van der Waals surface area (Å²) in [6.45, 7) is 9.89. The molecule has 0 radical (unpaired) electrons. The van der Waals surface area contributed by atoms with Crippen molar-refractivity contribution in [3.05, 3.63) is 46.1 Å². The molecule has 212 valence electrons. The van der Waals surface area contributed by atoms with Crippen LogP contribution in [0.2, 0.25) is 0 Å². The summed E-state index contributed by atoms with van der Waals surface area (Å²) < 4.78 is 42.7. The molecule has 7 rings (SSSR count). The number of hydrogen-bond donors (Lipinski definition) is 0. The van der Waals surface area contributed by atoms with E-state index in [9.17, 15) is 23.2 Å². The molecule has 0 N–H and O–H groups in total. The van der Waals surface area contributed by atoms with Gasteiger partial charge in [-0.15, -0.1) is 11.3 Å². The Balaban J connectivity index is 1.23. The number of rotatable bonds is 5. The van der Waals surface area contributed by atoms with Crippen molar-refractivity contribution < 1.29 is 18.0 Å². The monoisotopic (exact) mass is 571 g/mol. The number of pyridine rings is 1. The molecule has 40 heavy (non-hydrogen) atoms. The Labute approximate surface area is 235 Å². The summed E-state index contributed by atoms with van der Waals surface area (Å²) in [6, 6.07) is 3.79. The summed E-state index contributed by atoms with van der Waals surface area (Å²) in [7, 11) is 0. The molecule has 1 saturated carbocycles. The predicted octanol–water partition coefficient (Wildman–Crippen LogP) is 4.03. The van der Waals surface area contributed by atoms with Crippen LogP contribution in [0.5, 0.6) is 0 Å². The highest BCUT2D eigenvalue weighted by molar-refractivity contribution is 7.09. The van der Waals surface area contributed by atoms with Crippen LogP contribution in [0.25, 0.3) is 0 Å². The highest BCUT2D eigenvalue weighted by atomic mass is 32.1. The summed E-state index contributed by atoms with van der Waals surface area (Å²) in [5, 5.41) is 9.83. The molecule has 12 heteroatoms. The van der Waals surface area contributed by atoms with Crippen LogP contribution in [-0.2, 0) is 11.0 Å². The summed E-state index contributed by atoms with van der Waals surface area (Å²) in [6.07, 6.45) is -0.580. The zero-order chi connectivity index (χ0) is 28.2. The third kappa shape index (κ3) is 4.73. The number of hydrogen-bond acceptors (Lipinski definition) is 8. The van der Waals surface area contributed by atoms with Crippen LogP contribution in [0.3, 0.4) is 0 Å². The molecule has 8 nitrogen and oxygen atoms in total. The number of aromatic nitrogens is 2. The zero-order valence-corrected chi connectivity index (χ0v) is 23.2. The van der Waals surface area contributed by atoms with Crippen LogP contribution in [0, 0.1) is 24.2 Å². The minimum atomic E-state index is -4.73. The summed E-state index contributed by atoms with van der Waals surface area (Å²) in [4.78, 5) is 29.6. The first-order valence-electron chi connectivity index (χ1n) is 13.8. The highest BCUT2D eigenvalue weighted by Gasteiger charge is 2.45. The minimum Gasteiger partial charge on any atom is -0.367 e. The van der Waals surface area contributed by atoms with Gasteiger partial charge in [-0.05, 0) is 38.2 Å². The smallest absolute Gasteiger partial charge is 0.367 e. The molecular formula is C28H32F3N7OS. The van der Waals surface area contributed by atoms with Gasteiger partial charge in [0, 0.05) is 74.8 Å². The predicted molar refractivity (Wildman–Crippen MR) is 146 cm³/mol. The van der Waals surface area contributed by atoms with Gasteiger partial charge in [0.25, 0.3) is 0 Å². The molecule has 4 saturated heterocycles. The molecule has 2 bridgehead atoms. The number of nitriles is 1. The summed E-state index contributed by atoms with van der Waals surface area (Å²) in [5.41, 5.74) is 1.73. The fourth-order valence-electron chi connectivity index (χ4n) is 6.93. The maximum atomic E-state index is 14.2. The van der Waals surface area contributed by atoms with Crippen LogP contribution in [0.15, 0.2) is 24.2 Å². The normalized spacial score (nSPS) is 25.6. The lowest BCUT2D eigenvalue weighted by Gasteiger charge is -2.51. The molecule has 1 amide bonds. The number of aryl methyl sites for hydroxylation is 1. The third-order valence-corrected chi connectivity index (χ3v) is 10.2. The Kier molecular flexibility index (Phi) is 6.99. The first-order chi connectivity index (χ1) is 19.2. The maximum Gasteiger partial charge on any atom is 0.434 e. The van der Waals surface area contributed by atoms with E-state index >= 15 is 0 Å². The van der Waals surface area contributed by atoms with Crippen molar-refractivity contribution in [3.8, 4) is 6.07 Å². The van der Waals surface area contributed by atoms with Crippen LogP contribution < -0.4 is 9.80 Å². The van der Waals surface area contributed by atoms with E-state index in [1.807, 2.05) is 28.3 Å². The summed E-state index contributed by atoms with van der Waals surface area (Å²) in [5.74, 6) is 0.938. The molecule has 4 aliphatic heterocycles. The second-order valence-corrected chi connectivity index (χ2v) is 12.1. The lowest BCUT2D eigenvalue weighted by molar-refractivity contribution is -0.141. The molecule has 1 unspecified atom stereocenters. The Morgan fingerprint density at radius 3 is 2.50 bits per heavy atom. The largest absolute Gasteiger partial charge is 0.434 e. The number of carbonyl (C=O) groups excluding carboxylic acids is 1. The van der Waals surface area contributed by atoms with E-state index in [-0.39, 0.29) is 18.0 Å². The lowest BCUT2D eigenvalue weighted by atomic mass is 9.71. The number of fused-ring (bicyclic) bond motifs is 3. The molecule has 0 spiro atoms. The van der Waals surface area contributed by atoms with Gasteiger partial charge in [0.1, 0.15) is 17.5 Å². The van der Waals surface area contributed by atoms with Crippen molar-refractivity contribution in [2.75, 3.05) is 55.6 Å². The topological polar surface area (TPSA) is 79.6 Å². The molecule has 5 fully saturated rings. The molecule has 0 aromatic carbocycles.